The normalized spacial score (nSPS) is 16.8. The zero-order chi connectivity index (χ0) is 20.9. The first kappa shape index (κ1) is 19.4. The molecule has 1 fully saturated rings. The van der Waals surface area contributed by atoms with Crippen LogP contribution in [0.2, 0.25) is 0 Å². The number of carbonyl (C=O) groups is 1. The number of anilines is 1. The van der Waals surface area contributed by atoms with E-state index in [1.54, 1.807) is 22.6 Å². The van der Waals surface area contributed by atoms with Crippen LogP contribution in [-0.2, 0) is 22.9 Å². The summed E-state index contributed by atoms with van der Waals surface area (Å²) >= 11 is 1.61. The monoisotopic (exact) mass is 443 g/mol. The topological polar surface area (TPSA) is 109 Å². The molecule has 2 N–H and O–H groups in total. The fraction of sp³-hybridized carbons (Fsp3) is 0.350. The number of aryl methyl sites for hydroxylation is 1. The van der Waals surface area contributed by atoms with Crippen molar-refractivity contribution < 1.29 is 13.2 Å². The van der Waals surface area contributed by atoms with Crippen molar-refractivity contribution >= 4 is 43.3 Å². The molecule has 2 aliphatic rings. The van der Waals surface area contributed by atoms with E-state index >= 15 is 0 Å². The molecule has 0 saturated carbocycles. The van der Waals surface area contributed by atoms with Gasteiger partial charge < -0.3 is 9.80 Å². The number of hydrogen-bond donors (Lipinski definition) is 1. The average molecular weight is 444 g/mol. The van der Waals surface area contributed by atoms with E-state index in [1.807, 2.05) is 17.5 Å². The molecule has 0 radical (unpaired) electrons. The number of nitrogens with two attached hydrogens (primary N) is 1. The molecular weight excluding hydrogens is 422 g/mol. The number of sulfonamides is 1. The number of piperazine rings is 1. The van der Waals surface area contributed by atoms with Crippen molar-refractivity contribution in [3.8, 4) is 0 Å². The standard InChI is InChI=1S/C20H21N5O3S2/c21-30(27,28)17-11-14(10-13-2-1-3-15(13)17)20(26)25-7-5-24(6-8-25)19-18-16(4-9-29-18)22-12-23-19/h4,9-12H,1-3,5-8H2,(H2,21,27,28). The van der Waals surface area contributed by atoms with Gasteiger partial charge >= 0.3 is 0 Å². The third kappa shape index (κ3) is 3.34. The molecule has 1 aliphatic carbocycles. The lowest BCUT2D eigenvalue weighted by Crippen LogP contribution is -2.49. The van der Waals surface area contributed by atoms with Crippen LogP contribution in [0.5, 0.6) is 0 Å². The first-order valence-corrected chi connectivity index (χ1v) is 12.3. The van der Waals surface area contributed by atoms with Crippen LogP contribution in [0.15, 0.2) is 34.8 Å². The number of amides is 1. The molecule has 1 saturated heterocycles. The Morgan fingerprint density at radius 3 is 2.67 bits per heavy atom. The van der Waals surface area contributed by atoms with Crippen molar-refractivity contribution in [2.75, 3.05) is 31.1 Å². The van der Waals surface area contributed by atoms with Crippen molar-refractivity contribution in [3.05, 3.63) is 46.6 Å². The zero-order valence-electron chi connectivity index (χ0n) is 16.2. The highest BCUT2D eigenvalue weighted by Gasteiger charge is 2.28. The Hall–Kier alpha value is -2.56. The van der Waals surface area contributed by atoms with Crippen molar-refractivity contribution in [3.63, 3.8) is 0 Å². The molecular formula is C20H21N5O3S2. The van der Waals surface area contributed by atoms with E-state index in [2.05, 4.69) is 14.9 Å². The zero-order valence-corrected chi connectivity index (χ0v) is 17.9. The molecule has 30 heavy (non-hydrogen) atoms. The Balaban J connectivity index is 1.37. The lowest BCUT2D eigenvalue weighted by atomic mass is 10.0. The number of carbonyl (C=O) groups excluding carboxylic acids is 1. The molecule has 3 aromatic rings. The summed E-state index contributed by atoms with van der Waals surface area (Å²) in [7, 11) is -3.87. The molecule has 0 spiro atoms. The quantitative estimate of drug-likeness (QED) is 0.661. The number of thiophene rings is 1. The molecule has 1 aromatic carbocycles. The Bertz CT molecular complexity index is 1250. The van der Waals surface area contributed by atoms with Crippen LogP contribution in [0, 0.1) is 0 Å². The van der Waals surface area contributed by atoms with Gasteiger partial charge in [-0.15, -0.1) is 11.3 Å². The van der Waals surface area contributed by atoms with Crippen molar-refractivity contribution in [1.82, 2.24) is 14.9 Å². The number of rotatable bonds is 3. The van der Waals surface area contributed by atoms with Crippen LogP contribution in [0.1, 0.15) is 27.9 Å². The number of nitrogens with zero attached hydrogens (tertiary/aromatic N) is 4. The Kier molecular flexibility index (Phi) is 4.72. The van der Waals surface area contributed by atoms with Gasteiger partial charge in [-0.3, -0.25) is 4.79 Å². The highest BCUT2D eigenvalue weighted by molar-refractivity contribution is 7.89. The molecule has 0 unspecified atom stereocenters. The lowest BCUT2D eigenvalue weighted by Gasteiger charge is -2.35. The minimum atomic E-state index is -3.87. The summed E-state index contributed by atoms with van der Waals surface area (Å²) in [6.45, 7) is 2.39. The minimum absolute atomic E-state index is 0.0977. The fourth-order valence-corrected chi connectivity index (χ4v) is 6.08. The molecule has 2 aromatic heterocycles. The van der Waals surface area contributed by atoms with E-state index in [4.69, 9.17) is 5.14 Å². The van der Waals surface area contributed by atoms with Crippen molar-refractivity contribution in [2.24, 2.45) is 5.14 Å². The van der Waals surface area contributed by atoms with Crippen LogP contribution in [0.25, 0.3) is 10.2 Å². The number of primary sulfonamides is 1. The number of benzene rings is 1. The third-order valence-electron chi connectivity index (χ3n) is 5.82. The number of fused-ring (bicyclic) bond motifs is 2. The van der Waals surface area contributed by atoms with Gasteiger partial charge in [-0.05, 0) is 54.0 Å². The molecule has 156 valence electrons. The second-order valence-corrected chi connectivity index (χ2v) is 10.1. The fourth-order valence-electron chi connectivity index (χ4n) is 4.35. The van der Waals surface area contributed by atoms with Crippen LogP contribution in [0.3, 0.4) is 0 Å². The van der Waals surface area contributed by atoms with Crippen LogP contribution < -0.4 is 10.0 Å². The lowest BCUT2D eigenvalue weighted by molar-refractivity contribution is 0.0746. The van der Waals surface area contributed by atoms with Gasteiger partial charge in [-0.2, -0.15) is 0 Å². The summed E-state index contributed by atoms with van der Waals surface area (Å²) < 4.78 is 25.2. The summed E-state index contributed by atoms with van der Waals surface area (Å²) in [6, 6.07) is 5.26. The summed E-state index contributed by atoms with van der Waals surface area (Å²) in [5.41, 5.74) is 3.01. The highest BCUT2D eigenvalue weighted by atomic mass is 32.2. The van der Waals surface area contributed by atoms with E-state index in [-0.39, 0.29) is 10.8 Å². The number of aromatic nitrogens is 2. The van der Waals surface area contributed by atoms with Gasteiger partial charge in [-0.25, -0.2) is 23.5 Å². The predicted octanol–water partition coefficient (Wildman–Crippen LogP) is 1.79. The SMILES string of the molecule is NS(=O)(=O)c1cc(C(=O)N2CCN(c3ncnc4ccsc34)CC2)cc2c1CCC2. The maximum absolute atomic E-state index is 13.1. The second kappa shape index (κ2) is 7.29. The summed E-state index contributed by atoms with van der Waals surface area (Å²) in [5, 5.41) is 7.43. The van der Waals surface area contributed by atoms with Gasteiger partial charge in [0.25, 0.3) is 5.91 Å². The molecule has 1 aliphatic heterocycles. The Morgan fingerprint density at radius 1 is 1.10 bits per heavy atom. The predicted molar refractivity (Wildman–Crippen MR) is 115 cm³/mol. The molecule has 3 heterocycles. The molecule has 8 nitrogen and oxygen atoms in total. The maximum Gasteiger partial charge on any atom is 0.254 e. The molecule has 10 heteroatoms. The van der Waals surface area contributed by atoms with Gasteiger partial charge in [0.1, 0.15) is 12.1 Å². The first-order valence-electron chi connectivity index (χ1n) is 9.83. The van der Waals surface area contributed by atoms with E-state index in [9.17, 15) is 13.2 Å². The average Bonchev–Trinajstić information content (AvgIpc) is 3.40. The maximum atomic E-state index is 13.1. The molecule has 0 bridgehead atoms. The van der Waals surface area contributed by atoms with Gasteiger partial charge in [0, 0.05) is 31.7 Å². The largest absolute Gasteiger partial charge is 0.352 e. The van der Waals surface area contributed by atoms with E-state index < -0.39 is 10.0 Å². The third-order valence-corrected chi connectivity index (χ3v) is 7.70. The van der Waals surface area contributed by atoms with E-state index in [0.29, 0.717) is 38.2 Å². The minimum Gasteiger partial charge on any atom is -0.352 e. The second-order valence-electron chi connectivity index (χ2n) is 7.62. The number of hydrogen-bond acceptors (Lipinski definition) is 7. The summed E-state index contributed by atoms with van der Waals surface area (Å²) in [5.74, 6) is 0.745. The van der Waals surface area contributed by atoms with Crippen LogP contribution in [0.4, 0.5) is 5.82 Å². The Morgan fingerprint density at radius 2 is 1.90 bits per heavy atom. The van der Waals surface area contributed by atoms with Gasteiger partial charge in [-0.1, -0.05) is 0 Å². The summed E-state index contributed by atoms with van der Waals surface area (Å²) in [6.07, 6.45) is 3.91. The molecule has 0 atom stereocenters. The van der Waals surface area contributed by atoms with Gasteiger partial charge in [0.05, 0.1) is 15.1 Å². The van der Waals surface area contributed by atoms with E-state index in [1.165, 1.54) is 6.07 Å². The molecule has 1 amide bonds. The summed E-state index contributed by atoms with van der Waals surface area (Å²) in [4.78, 5) is 25.9. The smallest absolute Gasteiger partial charge is 0.254 e. The van der Waals surface area contributed by atoms with Crippen molar-refractivity contribution in [1.29, 1.82) is 0 Å². The van der Waals surface area contributed by atoms with Gasteiger partial charge in [0.2, 0.25) is 10.0 Å². The Labute approximate surface area is 178 Å². The van der Waals surface area contributed by atoms with E-state index in [0.717, 1.165) is 40.0 Å². The van der Waals surface area contributed by atoms with Crippen LogP contribution >= 0.6 is 11.3 Å². The molecule has 5 rings (SSSR count). The highest BCUT2D eigenvalue weighted by Crippen LogP contribution is 2.31. The van der Waals surface area contributed by atoms with Crippen LogP contribution in [-0.4, -0.2) is 55.4 Å². The van der Waals surface area contributed by atoms with Gasteiger partial charge in [0.15, 0.2) is 0 Å². The first-order chi connectivity index (χ1) is 14.4. The van der Waals surface area contributed by atoms with Crippen molar-refractivity contribution in [2.45, 2.75) is 24.2 Å².